The smallest absolute Gasteiger partial charge is 0.321 e. The lowest BCUT2D eigenvalue weighted by Crippen LogP contribution is -2.41. The van der Waals surface area contributed by atoms with Gasteiger partial charge in [0.15, 0.2) is 0 Å². The fraction of sp³-hybridized carbons (Fsp3) is 0.259. The number of carbonyl (C=O) groups excluding carboxylic acids is 2. The SMILES string of the molecule is Cc1ccccc1CNC(=O)c1cccc([C@@H]2CCCN(C(=O)Nc3ccccc3)C2)c1. The first-order valence-corrected chi connectivity index (χ1v) is 11.1. The van der Waals surface area contributed by atoms with Crippen LogP contribution in [0.5, 0.6) is 0 Å². The van der Waals surface area contributed by atoms with Crippen molar-refractivity contribution >= 4 is 17.6 Å². The minimum atomic E-state index is -0.0791. The minimum absolute atomic E-state index is 0.0759. The van der Waals surface area contributed by atoms with Crippen molar-refractivity contribution < 1.29 is 9.59 Å². The zero-order valence-electron chi connectivity index (χ0n) is 18.4. The Labute approximate surface area is 189 Å². The first-order chi connectivity index (χ1) is 15.6. The van der Waals surface area contributed by atoms with Gasteiger partial charge in [-0.25, -0.2) is 4.79 Å². The van der Waals surface area contributed by atoms with E-state index in [-0.39, 0.29) is 17.9 Å². The van der Waals surface area contributed by atoms with Crippen molar-refractivity contribution in [1.82, 2.24) is 10.2 Å². The van der Waals surface area contributed by atoms with Gasteiger partial charge in [0.25, 0.3) is 5.91 Å². The van der Waals surface area contributed by atoms with Crippen molar-refractivity contribution in [3.63, 3.8) is 0 Å². The summed E-state index contributed by atoms with van der Waals surface area (Å²) in [6.45, 7) is 3.94. The van der Waals surface area contributed by atoms with Crippen LogP contribution < -0.4 is 10.6 Å². The average Bonchev–Trinajstić information content (AvgIpc) is 2.84. The Morgan fingerprint density at radius 1 is 0.969 bits per heavy atom. The zero-order valence-corrected chi connectivity index (χ0v) is 18.4. The lowest BCUT2D eigenvalue weighted by Gasteiger charge is -2.33. The van der Waals surface area contributed by atoms with Crippen molar-refractivity contribution in [2.45, 2.75) is 32.2 Å². The van der Waals surface area contributed by atoms with Gasteiger partial charge in [-0.2, -0.15) is 0 Å². The molecule has 5 nitrogen and oxygen atoms in total. The number of urea groups is 1. The average molecular weight is 428 g/mol. The molecular formula is C27H29N3O2. The molecule has 0 radical (unpaired) electrons. The molecule has 1 aliphatic heterocycles. The molecule has 3 aromatic rings. The Morgan fingerprint density at radius 2 is 1.75 bits per heavy atom. The van der Waals surface area contributed by atoms with Gasteiger partial charge in [0.1, 0.15) is 0 Å². The van der Waals surface area contributed by atoms with E-state index in [9.17, 15) is 9.59 Å². The fourth-order valence-electron chi connectivity index (χ4n) is 4.18. The first-order valence-electron chi connectivity index (χ1n) is 11.1. The van der Waals surface area contributed by atoms with E-state index < -0.39 is 0 Å². The van der Waals surface area contributed by atoms with Gasteiger partial charge in [0.05, 0.1) is 0 Å². The normalized spacial score (nSPS) is 15.8. The van der Waals surface area contributed by atoms with Gasteiger partial charge in [0.2, 0.25) is 0 Å². The van der Waals surface area contributed by atoms with Gasteiger partial charge in [-0.05, 0) is 60.7 Å². The van der Waals surface area contributed by atoms with Gasteiger partial charge >= 0.3 is 6.03 Å². The van der Waals surface area contributed by atoms with E-state index in [0.29, 0.717) is 18.7 Å². The quantitative estimate of drug-likeness (QED) is 0.578. The molecule has 2 N–H and O–H groups in total. The number of hydrogen-bond donors (Lipinski definition) is 2. The van der Waals surface area contributed by atoms with E-state index >= 15 is 0 Å². The largest absolute Gasteiger partial charge is 0.348 e. The van der Waals surface area contributed by atoms with Gasteiger partial charge in [0, 0.05) is 36.8 Å². The Balaban J connectivity index is 1.39. The van der Waals surface area contributed by atoms with Crippen LogP contribution in [0.1, 0.15) is 45.8 Å². The van der Waals surface area contributed by atoms with E-state index in [0.717, 1.165) is 41.8 Å². The van der Waals surface area contributed by atoms with E-state index in [1.54, 1.807) is 0 Å². The highest BCUT2D eigenvalue weighted by Crippen LogP contribution is 2.28. The monoisotopic (exact) mass is 427 g/mol. The molecule has 0 unspecified atom stereocenters. The molecule has 0 saturated carbocycles. The second-order valence-electron chi connectivity index (χ2n) is 8.32. The van der Waals surface area contributed by atoms with Crippen LogP contribution in [0.2, 0.25) is 0 Å². The Bertz CT molecular complexity index is 1080. The second-order valence-corrected chi connectivity index (χ2v) is 8.32. The number of anilines is 1. The lowest BCUT2D eigenvalue weighted by atomic mass is 9.89. The zero-order chi connectivity index (χ0) is 22.3. The summed E-state index contributed by atoms with van der Waals surface area (Å²) in [5.74, 6) is 0.138. The molecule has 5 heteroatoms. The maximum absolute atomic E-state index is 12.8. The van der Waals surface area contributed by atoms with Crippen LogP contribution in [0.15, 0.2) is 78.9 Å². The third-order valence-corrected chi connectivity index (χ3v) is 6.05. The van der Waals surface area contributed by atoms with Crippen LogP contribution in [0, 0.1) is 6.92 Å². The van der Waals surface area contributed by atoms with E-state index in [1.807, 2.05) is 84.6 Å². The predicted octanol–water partition coefficient (Wildman–Crippen LogP) is 5.34. The summed E-state index contributed by atoms with van der Waals surface area (Å²) in [7, 11) is 0. The number of para-hydroxylation sites is 1. The van der Waals surface area contributed by atoms with Crippen LogP contribution in [-0.4, -0.2) is 29.9 Å². The van der Waals surface area contributed by atoms with E-state index in [2.05, 4.69) is 16.7 Å². The van der Waals surface area contributed by atoms with Gasteiger partial charge < -0.3 is 15.5 Å². The number of piperidine rings is 1. The third kappa shape index (κ3) is 5.35. The molecule has 1 saturated heterocycles. The molecule has 0 bridgehead atoms. The molecule has 0 aliphatic carbocycles. The molecular weight excluding hydrogens is 398 g/mol. The van der Waals surface area contributed by atoms with Crippen molar-refractivity contribution in [2.75, 3.05) is 18.4 Å². The molecule has 1 aliphatic rings. The molecule has 1 atom stereocenters. The summed E-state index contributed by atoms with van der Waals surface area (Å²) in [5.41, 5.74) is 4.83. The van der Waals surface area contributed by atoms with Gasteiger partial charge in [-0.1, -0.05) is 54.6 Å². The maximum Gasteiger partial charge on any atom is 0.321 e. The molecule has 1 fully saturated rings. The number of nitrogens with one attached hydrogen (secondary N) is 2. The van der Waals surface area contributed by atoms with E-state index in [1.165, 1.54) is 0 Å². The molecule has 164 valence electrons. The summed E-state index contributed by atoms with van der Waals surface area (Å²) >= 11 is 0. The van der Waals surface area contributed by atoms with Crippen molar-refractivity contribution in [3.05, 3.63) is 101 Å². The van der Waals surface area contributed by atoms with Crippen LogP contribution in [-0.2, 0) is 6.54 Å². The topological polar surface area (TPSA) is 61.4 Å². The third-order valence-electron chi connectivity index (χ3n) is 6.05. The van der Waals surface area contributed by atoms with Crippen LogP contribution in [0.4, 0.5) is 10.5 Å². The second kappa shape index (κ2) is 10.1. The van der Waals surface area contributed by atoms with Gasteiger partial charge in [-0.15, -0.1) is 0 Å². The Kier molecular flexibility index (Phi) is 6.85. The highest BCUT2D eigenvalue weighted by Gasteiger charge is 2.25. The number of amides is 3. The predicted molar refractivity (Wildman–Crippen MR) is 128 cm³/mol. The molecule has 1 heterocycles. The Morgan fingerprint density at radius 3 is 2.56 bits per heavy atom. The highest BCUT2D eigenvalue weighted by atomic mass is 16.2. The lowest BCUT2D eigenvalue weighted by molar-refractivity contribution is 0.0950. The van der Waals surface area contributed by atoms with Crippen molar-refractivity contribution in [1.29, 1.82) is 0 Å². The molecule has 3 aromatic carbocycles. The number of aryl methyl sites for hydroxylation is 1. The molecule has 0 spiro atoms. The van der Waals surface area contributed by atoms with Crippen molar-refractivity contribution in [3.8, 4) is 0 Å². The fourth-order valence-corrected chi connectivity index (χ4v) is 4.18. The van der Waals surface area contributed by atoms with Crippen LogP contribution in [0.3, 0.4) is 0 Å². The van der Waals surface area contributed by atoms with Crippen LogP contribution >= 0.6 is 0 Å². The number of hydrogen-bond acceptors (Lipinski definition) is 2. The Hall–Kier alpha value is -3.60. The number of benzene rings is 3. The minimum Gasteiger partial charge on any atom is -0.348 e. The van der Waals surface area contributed by atoms with Crippen LogP contribution in [0.25, 0.3) is 0 Å². The summed E-state index contributed by atoms with van der Waals surface area (Å²) in [5, 5.41) is 6.00. The number of nitrogens with zero attached hydrogens (tertiary/aromatic N) is 1. The van der Waals surface area contributed by atoms with Crippen molar-refractivity contribution in [2.24, 2.45) is 0 Å². The molecule has 0 aromatic heterocycles. The number of carbonyl (C=O) groups is 2. The summed E-state index contributed by atoms with van der Waals surface area (Å²) in [4.78, 5) is 27.3. The number of likely N-dealkylation sites (tertiary alicyclic amines) is 1. The van der Waals surface area contributed by atoms with E-state index in [4.69, 9.17) is 0 Å². The number of rotatable bonds is 5. The molecule has 32 heavy (non-hydrogen) atoms. The molecule has 3 amide bonds. The summed E-state index contributed by atoms with van der Waals surface area (Å²) < 4.78 is 0. The van der Waals surface area contributed by atoms with Gasteiger partial charge in [-0.3, -0.25) is 4.79 Å². The summed E-state index contributed by atoms with van der Waals surface area (Å²) in [6, 6.07) is 25.3. The highest BCUT2D eigenvalue weighted by molar-refractivity contribution is 5.94. The standard InChI is InChI=1S/C27H29N3O2/c1-20-9-5-6-10-23(20)18-28-26(31)22-12-7-11-21(17-22)24-13-8-16-30(19-24)27(32)29-25-14-3-2-4-15-25/h2-7,9-12,14-15,17,24H,8,13,16,18-19H2,1H3,(H,28,31)(H,29,32)/t24-/m1/s1. The maximum atomic E-state index is 12.8. The summed E-state index contributed by atoms with van der Waals surface area (Å²) in [6.07, 6.45) is 1.94. The molecule has 4 rings (SSSR count). The first kappa shape index (κ1) is 21.6.